The van der Waals surface area contributed by atoms with Crippen LogP contribution in [0.25, 0.3) is 0 Å². The van der Waals surface area contributed by atoms with Crippen LogP contribution in [0.3, 0.4) is 0 Å². The normalized spacial score (nSPS) is 17.6. The summed E-state index contributed by atoms with van der Waals surface area (Å²) >= 11 is 0. The third kappa shape index (κ3) is 1.80. The molecule has 1 heterocycles. The number of carbonyl (C=O) groups is 1. The summed E-state index contributed by atoms with van der Waals surface area (Å²) in [4.78, 5) is 16.2. The van der Waals surface area contributed by atoms with Crippen LogP contribution in [0.1, 0.15) is 25.0 Å². The van der Waals surface area contributed by atoms with Crippen LogP contribution in [0, 0.1) is 12.3 Å². The van der Waals surface area contributed by atoms with Gasteiger partial charge in [-0.1, -0.05) is 6.42 Å². The molecule has 3 N–H and O–H groups in total. The van der Waals surface area contributed by atoms with Gasteiger partial charge in [0.1, 0.15) is 0 Å². The molecule has 16 heavy (non-hydrogen) atoms. The topological polar surface area (TPSA) is 68.0 Å². The Bertz CT molecular complexity index is 393. The smallest absolute Gasteiger partial charge is 0.231 e. The third-order valence-corrected chi connectivity index (χ3v) is 3.44. The Hall–Kier alpha value is -1.42. The van der Waals surface area contributed by atoms with E-state index >= 15 is 0 Å². The molecule has 2 rings (SSSR count). The van der Waals surface area contributed by atoms with E-state index in [2.05, 4.69) is 10.3 Å². The van der Waals surface area contributed by atoms with Crippen molar-refractivity contribution in [2.75, 3.05) is 11.9 Å². The van der Waals surface area contributed by atoms with Gasteiger partial charge in [0.25, 0.3) is 0 Å². The third-order valence-electron chi connectivity index (χ3n) is 3.44. The molecule has 1 aromatic rings. The van der Waals surface area contributed by atoms with E-state index in [0.29, 0.717) is 6.54 Å². The second-order valence-corrected chi connectivity index (χ2v) is 4.43. The first kappa shape index (κ1) is 11.1. The lowest BCUT2D eigenvalue weighted by atomic mass is 9.68. The van der Waals surface area contributed by atoms with Crippen LogP contribution in [-0.2, 0) is 4.79 Å². The molecular weight excluding hydrogens is 202 g/mol. The van der Waals surface area contributed by atoms with Crippen molar-refractivity contribution >= 4 is 11.6 Å². The molecule has 0 atom stereocenters. The molecule has 1 fully saturated rings. The number of pyridine rings is 1. The van der Waals surface area contributed by atoms with Crippen LogP contribution in [0.15, 0.2) is 18.3 Å². The molecule has 4 heteroatoms. The van der Waals surface area contributed by atoms with Crippen molar-refractivity contribution in [1.29, 1.82) is 0 Å². The van der Waals surface area contributed by atoms with Gasteiger partial charge in [0.05, 0.1) is 16.8 Å². The van der Waals surface area contributed by atoms with Gasteiger partial charge >= 0.3 is 0 Å². The Balaban J connectivity index is 2.10. The Labute approximate surface area is 95.3 Å². The van der Waals surface area contributed by atoms with Crippen LogP contribution in [0.5, 0.6) is 0 Å². The predicted octanol–water partition coefficient (Wildman–Crippen LogP) is 1.46. The Morgan fingerprint density at radius 1 is 1.62 bits per heavy atom. The highest BCUT2D eigenvalue weighted by atomic mass is 16.2. The van der Waals surface area contributed by atoms with E-state index in [0.717, 1.165) is 30.6 Å². The van der Waals surface area contributed by atoms with Crippen molar-refractivity contribution in [3.63, 3.8) is 0 Å². The van der Waals surface area contributed by atoms with Gasteiger partial charge in [-0.2, -0.15) is 0 Å². The zero-order valence-electron chi connectivity index (χ0n) is 9.49. The number of nitrogens with two attached hydrogens (primary N) is 1. The van der Waals surface area contributed by atoms with Crippen LogP contribution < -0.4 is 11.1 Å². The average Bonchev–Trinajstić information content (AvgIpc) is 2.21. The summed E-state index contributed by atoms with van der Waals surface area (Å²) in [5.41, 5.74) is 6.97. The van der Waals surface area contributed by atoms with Gasteiger partial charge < -0.3 is 11.1 Å². The fourth-order valence-corrected chi connectivity index (χ4v) is 2.00. The molecule has 0 saturated heterocycles. The number of anilines is 1. The van der Waals surface area contributed by atoms with Crippen LogP contribution in [-0.4, -0.2) is 17.4 Å². The number of rotatable bonds is 3. The minimum absolute atomic E-state index is 0.0392. The van der Waals surface area contributed by atoms with Crippen LogP contribution in [0.4, 0.5) is 5.69 Å². The zero-order chi connectivity index (χ0) is 11.6. The highest BCUT2D eigenvalue weighted by Gasteiger charge is 2.42. The van der Waals surface area contributed by atoms with E-state index in [1.807, 2.05) is 19.1 Å². The number of hydrogen-bond donors (Lipinski definition) is 2. The average molecular weight is 219 g/mol. The molecule has 0 spiro atoms. The van der Waals surface area contributed by atoms with Gasteiger partial charge in [0.2, 0.25) is 5.91 Å². The van der Waals surface area contributed by atoms with Crippen molar-refractivity contribution in [2.24, 2.45) is 11.1 Å². The monoisotopic (exact) mass is 219 g/mol. The summed E-state index contributed by atoms with van der Waals surface area (Å²) in [6, 6.07) is 3.68. The summed E-state index contributed by atoms with van der Waals surface area (Å²) < 4.78 is 0. The predicted molar refractivity (Wildman–Crippen MR) is 62.9 cm³/mol. The maximum Gasteiger partial charge on any atom is 0.231 e. The first-order chi connectivity index (χ1) is 7.68. The SMILES string of the molecule is Cc1ncccc1NC(=O)C1(CN)CCC1. The van der Waals surface area contributed by atoms with E-state index in [1.54, 1.807) is 6.20 Å². The van der Waals surface area contributed by atoms with E-state index < -0.39 is 0 Å². The summed E-state index contributed by atoms with van der Waals surface area (Å²) in [6.45, 7) is 2.31. The van der Waals surface area contributed by atoms with Gasteiger partial charge in [-0.3, -0.25) is 9.78 Å². The minimum Gasteiger partial charge on any atom is -0.329 e. The molecule has 0 aliphatic heterocycles. The Morgan fingerprint density at radius 3 is 2.88 bits per heavy atom. The van der Waals surface area contributed by atoms with Crippen molar-refractivity contribution in [2.45, 2.75) is 26.2 Å². The summed E-state index contributed by atoms with van der Waals surface area (Å²) in [6.07, 6.45) is 4.60. The molecule has 86 valence electrons. The fourth-order valence-electron chi connectivity index (χ4n) is 2.00. The molecule has 4 nitrogen and oxygen atoms in total. The molecule has 1 aromatic heterocycles. The van der Waals surface area contributed by atoms with Gasteiger partial charge in [0, 0.05) is 12.7 Å². The maximum atomic E-state index is 12.1. The Morgan fingerprint density at radius 2 is 2.38 bits per heavy atom. The lowest BCUT2D eigenvalue weighted by Crippen LogP contribution is -2.47. The van der Waals surface area contributed by atoms with Crippen LogP contribution in [0.2, 0.25) is 0 Å². The second kappa shape index (κ2) is 4.22. The van der Waals surface area contributed by atoms with Gasteiger partial charge in [-0.05, 0) is 31.9 Å². The lowest BCUT2D eigenvalue weighted by molar-refractivity contribution is -0.129. The standard InChI is InChI=1S/C12H17N3O/c1-9-10(4-2-7-14-9)15-11(16)12(8-13)5-3-6-12/h2,4,7H,3,5-6,8,13H2,1H3,(H,15,16). The van der Waals surface area contributed by atoms with Crippen molar-refractivity contribution in [3.8, 4) is 0 Å². The van der Waals surface area contributed by atoms with Gasteiger partial charge in [0.15, 0.2) is 0 Å². The zero-order valence-corrected chi connectivity index (χ0v) is 9.49. The van der Waals surface area contributed by atoms with E-state index in [-0.39, 0.29) is 11.3 Å². The largest absolute Gasteiger partial charge is 0.329 e. The lowest BCUT2D eigenvalue weighted by Gasteiger charge is -2.39. The van der Waals surface area contributed by atoms with Crippen molar-refractivity contribution < 1.29 is 4.79 Å². The molecule has 1 aliphatic carbocycles. The number of nitrogens with zero attached hydrogens (tertiary/aromatic N) is 1. The molecule has 1 aliphatic rings. The van der Waals surface area contributed by atoms with E-state index in [1.165, 1.54) is 0 Å². The highest BCUT2D eigenvalue weighted by molar-refractivity contribution is 5.96. The molecule has 0 radical (unpaired) electrons. The summed E-state index contributed by atoms with van der Waals surface area (Å²) in [5.74, 6) is 0.0392. The minimum atomic E-state index is -0.331. The van der Waals surface area contributed by atoms with Gasteiger partial charge in [-0.25, -0.2) is 0 Å². The van der Waals surface area contributed by atoms with Crippen molar-refractivity contribution in [1.82, 2.24) is 4.98 Å². The first-order valence-electron chi connectivity index (χ1n) is 5.61. The maximum absolute atomic E-state index is 12.1. The molecule has 1 saturated carbocycles. The molecule has 1 amide bonds. The number of hydrogen-bond acceptors (Lipinski definition) is 3. The quantitative estimate of drug-likeness (QED) is 0.808. The second-order valence-electron chi connectivity index (χ2n) is 4.43. The highest BCUT2D eigenvalue weighted by Crippen LogP contribution is 2.40. The number of nitrogens with one attached hydrogen (secondary N) is 1. The number of amides is 1. The first-order valence-corrected chi connectivity index (χ1v) is 5.61. The van der Waals surface area contributed by atoms with Gasteiger partial charge in [-0.15, -0.1) is 0 Å². The van der Waals surface area contributed by atoms with Crippen molar-refractivity contribution in [3.05, 3.63) is 24.0 Å². The molecule has 0 unspecified atom stereocenters. The number of carbonyl (C=O) groups excluding carboxylic acids is 1. The molecule has 0 aromatic carbocycles. The van der Waals surface area contributed by atoms with E-state index in [4.69, 9.17) is 5.73 Å². The summed E-state index contributed by atoms with van der Waals surface area (Å²) in [7, 11) is 0. The molecule has 0 bridgehead atoms. The Kier molecular flexibility index (Phi) is 2.92. The fraction of sp³-hybridized carbons (Fsp3) is 0.500. The summed E-state index contributed by atoms with van der Waals surface area (Å²) in [5, 5.41) is 2.92. The number of aromatic nitrogens is 1. The van der Waals surface area contributed by atoms with E-state index in [9.17, 15) is 4.79 Å². The van der Waals surface area contributed by atoms with Crippen LogP contribution >= 0.6 is 0 Å². The molecular formula is C12H17N3O. The number of aryl methyl sites for hydroxylation is 1.